The molecule has 0 aliphatic carbocycles. The van der Waals surface area contributed by atoms with Gasteiger partial charge >= 0.3 is 0 Å². The Morgan fingerprint density at radius 1 is 1.00 bits per heavy atom. The minimum Gasteiger partial charge on any atom is -0.454 e. The molecule has 152 valence electrons. The third-order valence-electron chi connectivity index (χ3n) is 4.65. The summed E-state index contributed by atoms with van der Waals surface area (Å²) in [6.07, 6.45) is 0.969. The van der Waals surface area contributed by atoms with Crippen molar-refractivity contribution < 1.29 is 9.47 Å². The van der Waals surface area contributed by atoms with Crippen LogP contribution in [-0.4, -0.2) is 41.8 Å². The molecule has 2 aromatic heterocycles. The number of hydrogen-bond acceptors (Lipinski definition) is 8. The third kappa shape index (κ3) is 3.50. The number of nitrogens with zero attached hydrogens (tertiary/aromatic N) is 7. The van der Waals surface area contributed by atoms with Crippen molar-refractivity contribution in [2.24, 2.45) is 0 Å². The maximum Gasteiger partial charge on any atom is 0.231 e. The van der Waals surface area contributed by atoms with Gasteiger partial charge in [-0.2, -0.15) is 0 Å². The summed E-state index contributed by atoms with van der Waals surface area (Å²) in [6.45, 7) is 3.12. The molecule has 0 N–H and O–H groups in total. The molecule has 5 rings (SSSR count). The largest absolute Gasteiger partial charge is 0.454 e. The highest BCUT2D eigenvalue weighted by Crippen LogP contribution is 2.37. The zero-order chi connectivity index (χ0) is 20.3. The molecule has 2 aromatic carbocycles. The molecule has 10 heteroatoms. The first-order valence-electron chi connectivity index (χ1n) is 9.62. The van der Waals surface area contributed by atoms with Crippen molar-refractivity contribution >= 4 is 11.8 Å². The fourth-order valence-electron chi connectivity index (χ4n) is 3.24. The molecule has 0 radical (unpaired) electrons. The molecule has 4 aromatic rings. The number of tetrazole rings is 1. The van der Waals surface area contributed by atoms with E-state index >= 15 is 0 Å². The number of ether oxygens (including phenoxy) is 2. The zero-order valence-electron chi connectivity index (χ0n) is 16.3. The van der Waals surface area contributed by atoms with Gasteiger partial charge in [-0.1, -0.05) is 36.9 Å². The third-order valence-corrected chi connectivity index (χ3v) is 5.58. The monoisotopic (exact) mass is 421 g/mol. The quantitative estimate of drug-likeness (QED) is 0.420. The Balaban J connectivity index is 1.51. The van der Waals surface area contributed by atoms with Gasteiger partial charge in [0.2, 0.25) is 6.79 Å². The second kappa shape index (κ2) is 8.15. The summed E-state index contributed by atoms with van der Waals surface area (Å²) in [6, 6.07) is 15.8. The Bertz CT molecular complexity index is 1160. The number of thioether (sulfide) groups is 1. The first-order chi connectivity index (χ1) is 14.8. The van der Waals surface area contributed by atoms with E-state index in [1.165, 1.54) is 0 Å². The first-order valence-corrected chi connectivity index (χ1v) is 10.6. The number of aryl methyl sites for hydroxylation is 1. The van der Waals surface area contributed by atoms with E-state index in [1.807, 2.05) is 57.8 Å². The molecular formula is C20H19N7O2S. The van der Waals surface area contributed by atoms with Crippen LogP contribution in [0.3, 0.4) is 0 Å². The minimum atomic E-state index is 0.234. The van der Waals surface area contributed by atoms with Crippen LogP contribution in [0.2, 0.25) is 0 Å². The molecule has 0 spiro atoms. The average molecular weight is 421 g/mol. The zero-order valence-corrected chi connectivity index (χ0v) is 17.1. The summed E-state index contributed by atoms with van der Waals surface area (Å²) in [7, 11) is 0. The van der Waals surface area contributed by atoms with Crippen LogP contribution in [0.4, 0.5) is 0 Å². The molecule has 1 aliphatic rings. The summed E-state index contributed by atoms with van der Waals surface area (Å²) in [5.41, 5.74) is 1.88. The lowest BCUT2D eigenvalue weighted by Crippen LogP contribution is -2.05. The maximum absolute atomic E-state index is 5.54. The van der Waals surface area contributed by atoms with Crippen LogP contribution in [0.15, 0.2) is 53.7 Å². The number of fused-ring (bicyclic) bond motifs is 1. The summed E-state index contributed by atoms with van der Waals surface area (Å²) in [5.74, 6) is 3.59. The van der Waals surface area contributed by atoms with E-state index in [9.17, 15) is 0 Å². The van der Waals surface area contributed by atoms with Crippen LogP contribution in [0.1, 0.15) is 19.2 Å². The van der Waals surface area contributed by atoms with Gasteiger partial charge in [0.15, 0.2) is 28.3 Å². The predicted octanol–water partition coefficient (Wildman–Crippen LogP) is 3.35. The second-order valence-electron chi connectivity index (χ2n) is 6.65. The lowest BCUT2D eigenvalue weighted by Gasteiger charge is -2.10. The van der Waals surface area contributed by atoms with E-state index in [0.717, 1.165) is 46.8 Å². The van der Waals surface area contributed by atoms with Crippen LogP contribution in [0.5, 0.6) is 11.5 Å². The van der Waals surface area contributed by atoms with E-state index in [1.54, 1.807) is 11.8 Å². The van der Waals surface area contributed by atoms with Crippen LogP contribution < -0.4 is 9.47 Å². The van der Waals surface area contributed by atoms with Gasteiger partial charge in [-0.05, 0) is 47.2 Å². The fourth-order valence-corrected chi connectivity index (χ4v) is 4.12. The summed E-state index contributed by atoms with van der Waals surface area (Å²) < 4.78 is 14.8. The molecule has 0 saturated carbocycles. The van der Waals surface area contributed by atoms with E-state index in [-0.39, 0.29) is 6.79 Å². The number of rotatable bonds is 7. The molecule has 30 heavy (non-hydrogen) atoms. The summed E-state index contributed by atoms with van der Waals surface area (Å²) in [4.78, 5) is 0. The number of hydrogen-bond donors (Lipinski definition) is 0. The molecule has 3 heterocycles. The maximum atomic E-state index is 5.54. The predicted molar refractivity (Wildman–Crippen MR) is 111 cm³/mol. The average Bonchev–Trinajstić information content (AvgIpc) is 3.52. The molecular weight excluding hydrogens is 402 g/mol. The Morgan fingerprint density at radius 2 is 1.87 bits per heavy atom. The highest BCUT2D eigenvalue weighted by molar-refractivity contribution is 7.98. The first kappa shape index (κ1) is 18.6. The number of aromatic nitrogens is 7. The van der Waals surface area contributed by atoms with Crippen LogP contribution >= 0.6 is 11.8 Å². The van der Waals surface area contributed by atoms with Gasteiger partial charge in [0.05, 0.1) is 5.75 Å². The van der Waals surface area contributed by atoms with E-state index in [0.29, 0.717) is 11.5 Å². The summed E-state index contributed by atoms with van der Waals surface area (Å²) >= 11 is 1.55. The van der Waals surface area contributed by atoms with Gasteiger partial charge in [-0.25, -0.2) is 4.68 Å². The fraction of sp³-hybridized carbons (Fsp3) is 0.250. The highest BCUT2D eigenvalue weighted by Gasteiger charge is 2.20. The van der Waals surface area contributed by atoms with Crippen LogP contribution in [0, 0.1) is 0 Å². The van der Waals surface area contributed by atoms with Crippen molar-refractivity contribution in [1.29, 1.82) is 0 Å². The highest BCUT2D eigenvalue weighted by atomic mass is 32.2. The molecule has 0 atom stereocenters. The number of benzene rings is 2. The van der Waals surface area contributed by atoms with Gasteiger partial charge in [0.1, 0.15) is 0 Å². The van der Waals surface area contributed by atoms with Crippen molar-refractivity contribution in [1.82, 2.24) is 35.0 Å². The smallest absolute Gasteiger partial charge is 0.231 e. The molecule has 0 saturated heterocycles. The van der Waals surface area contributed by atoms with Gasteiger partial charge in [0.25, 0.3) is 0 Å². The standard InChI is InChI=1S/C20H19N7O2S/c1-2-10-26-18(21-24-25-26)12-30-20-23-22-19(27(20)15-6-4-3-5-7-15)14-8-9-16-17(11-14)29-13-28-16/h3-9,11H,2,10,12-13H2,1H3. The lowest BCUT2D eigenvalue weighted by atomic mass is 10.2. The molecule has 0 unspecified atom stereocenters. The topological polar surface area (TPSA) is 92.8 Å². The van der Waals surface area contributed by atoms with Crippen molar-refractivity contribution in [3.05, 3.63) is 54.4 Å². The normalized spacial score (nSPS) is 12.4. The SMILES string of the molecule is CCCn1nnnc1CSc1nnc(-c2ccc3c(c2)OCO3)n1-c1ccccc1. The lowest BCUT2D eigenvalue weighted by molar-refractivity contribution is 0.174. The Morgan fingerprint density at radius 3 is 2.73 bits per heavy atom. The number of para-hydroxylation sites is 1. The summed E-state index contributed by atoms with van der Waals surface area (Å²) in [5, 5.41) is 21.7. The van der Waals surface area contributed by atoms with Gasteiger partial charge < -0.3 is 9.47 Å². The Labute approximate surface area is 177 Å². The van der Waals surface area contributed by atoms with E-state index in [4.69, 9.17) is 9.47 Å². The molecule has 0 amide bonds. The van der Waals surface area contributed by atoms with Crippen LogP contribution in [0.25, 0.3) is 17.1 Å². The Kier molecular flexibility index (Phi) is 5.06. The molecule has 1 aliphatic heterocycles. The minimum absolute atomic E-state index is 0.234. The van der Waals surface area contributed by atoms with Gasteiger partial charge in [-0.15, -0.1) is 15.3 Å². The van der Waals surface area contributed by atoms with Gasteiger partial charge in [0, 0.05) is 17.8 Å². The Hall–Kier alpha value is -3.40. The second-order valence-corrected chi connectivity index (χ2v) is 7.59. The van der Waals surface area contributed by atoms with E-state index in [2.05, 4.69) is 32.6 Å². The van der Waals surface area contributed by atoms with Gasteiger partial charge in [-0.3, -0.25) is 4.57 Å². The van der Waals surface area contributed by atoms with Crippen molar-refractivity contribution in [2.45, 2.75) is 30.8 Å². The van der Waals surface area contributed by atoms with Crippen molar-refractivity contribution in [3.8, 4) is 28.6 Å². The van der Waals surface area contributed by atoms with E-state index < -0.39 is 0 Å². The van der Waals surface area contributed by atoms with Crippen molar-refractivity contribution in [2.75, 3.05) is 6.79 Å². The molecule has 0 fully saturated rings. The molecule has 9 nitrogen and oxygen atoms in total. The van der Waals surface area contributed by atoms with Crippen molar-refractivity contribution in [3.63, 3.8) is 0 Å². The van der Waals surface area contributed by atoms with Crippen LogP contribution in [-0.2, 0) is 12.3 Å². The molecule has 0 bridgehead atoms.